The maximum Gasteiger partial charge on any atom is 0.0548 e. The Morgan fingerprint density at radius 2 is 1.79 bits per heavy atom. The fourth-order valence-electron chi connectivity index (χ4n) is 1.73. The first kappa shape index (κ1) is 13.7. The molecule has 2 rings (SSSR count). The molecule has 80 valence electrons. The van der Waals surface area contributed by atoms with Gasteiger partial charge in [0.1, 0.15) is 0 Å². The normalized spacial score (nSPS) is 24.9. The van der Waals surface area contributed by atoms with E-state index >= 15 is 0 Å². The molecule has 0 saturated carbocycles. The van der Waals surface area contributed by atoms with E-state index in [2.05, 4.69) is 17.4 Å². The molecule has 1 unspecified atom stereocenters. The van der Waals surface area contributed by atoms with Crippen LogP contribution in [0.1, 0.15) is 12.0 Å². The number of nitrogens with two attached hydrogens (primary N) is 1. The topological polar surface area (TPSA) is 38.0 Å². The quantitative estimate of drug-likeness (QED) is 0.777. The summed E-state index contributed by atoms with van der Waals surface area (Å²) in [5.74, 6) is 0. The van der Waals surface area contributed by atoms with Crippen LogP contribution in [0, 0.1) is 0 Å². The van der Waals surface area contributed by atoms with Crippen LogP contribution in [-0.4, -0.2) is 13.1 Å². The van der Waals surface area contributed by atoms with Crippen molar-refractivity contribution in [3.63, 3.8) is 0 Å². The number of nitrogens with one attached hydrogen (secondary N) is 1. The van der Waals surface area contributed by atoms with Crippen LogP contribution in [0.4, 0.5) is 0 Å². The maximum absolute atomic E-state index is 6.22. The number of halogens is 2. The van der Waals surface area contributed by atoms with Gasteiger partial charge in [-0.05, 0) is 18.5 Å². The fourth-order valence-corrected chi connectivity index (χ4v) is 1.73. The minimum Gasteiger partial charge on any atom is -0.320 e. The zero-order chi connectivity index (χ0) is 8.44. The molecular weight excluding hydrogens is 219 g/mol. The molecule has 1 aromatic carbocycles. The molecule has 0 bridgehead atoms. The van der Waals surface area contributed by atoms with E-state index in [1.54, 1.807) is 0 Å². The number of hydrogen-bond acceptors (Lipinski definition) is 2. The summed E-state index contributed by atoms with van der Waals surface area (Å²) in [6.07, 6.45) is 1.04. The van der Waals surface area contributed by atoms with E-state index < -0.39 is 0 Å². The molecule has 0 spiro atoms. The Bertz CT molecular complexity index is 258. The predicted octanol–water partition coefficient (Wildman–Crippen LogP) is 1.68. The first-order valence-electron chi connectivity index (χ1n) is 4.36. The minimum absolute atomic E-state index is 0. The Morgan fingerprint density at radius 3 is 2.29 bits per heavy atom. The molecule has 1 aliphatic heterocycles. The van der Waals surface area contributed by atoms with Gasteiger partial charge in [0.2, 0.25) is 0 Å². The SMILES string of the molecule is Cl.Cl.NC1(c2ccccc2)CCNC1. The molecule has 2 nitrogen and oxygen atoms in total. The second-order valence-corrected chi connectivity index (χ2v) is 3.45. The predicted molar refractivity (Wildman–Crippen MR) is 64.3 cm³/mol. The van der Waals surface area contributed by atoms with E-state index in [0.717, 1.165) is 19.5 Å². The van der Waals surface area contributed by atoms with Gasteiger partial charge in [-0.3, -0.25) is 0 Å². The summed E-state index contributed by atoms with van der Waals surface area (Å²) in [6.45, 7) is 1.93. The molecule has 1 aliphatic rings. The molecule has 4 heteroatoms. The highest BCUT2D eigenvalue weighted by atomic mass is 35.5. The first-order chi connectivity index (χ1) is 5.81. The van der Waals surface area contributed by atoms with Crippen LogP contribution in [0.15, 0.2) is 30.3 Å². The lowest BCUT2D eigenvalue weighted by molar-refractivity contribution is 0.494. The van der Waals surface area contributed by atoms with E-state index in [1.807, 2.05) is 18.2 Å². The van der Waals surface area contributed by atoms with Gasteiger partial charge in [-0.1, -0.05) is 30.3 Å². The molecule has 0 aromatic heterocycles. The highest BCUT2D eigenvalue weighted by Gasteiger charge is 2.30. The Morgan fingerprint density at radius 1 is 1.14 bits per heavy atom. The summed E-state index contributed by atoms with van der Waals surface area (Å²) < 4.78 is 0. The molecule has 0 amide bonds. The van der Waals surface area contributed by atoms with E-state index in [1.165, 1.54) is 5.56 Å². The monoisotopic (exact) mass is 234 g/mol. The summed E-state index contributed by atoms with van der Waals surface area (Å²) in [4.78, 5) is 0. The van der Waals surface area contributed by atoms with E-state index in [4.69, 9.17) is 5.73 Å². The molecular formula is C10H16Cl2N2. The highest BCUT2D eigenvalue weighted by Crippen LogP contribution is 2.23. The third-order valence-corrected chi connectivity index (χ3v) is 2.54. The average Bonchev–Trinajstić information content (AvgIpc) is 2.55. The second-order valence-electron chi connectivity index (χ2n) is 3.45. The summed E-state index contributed by atoms with van der Waals surface area (Å²) in [6, 6.07) is 10.3. The van der Waals surface area contributed by atoms with Gasteiger partial charge < -0.3 is 11.1 Å². The summed E-state index contributed by atoms with van der Waals surface area (Å²) in [7, 11) is 0. The van der Waals surface area contributed by atoms with Crippen molar-refractivity contribution >= 4 is 24.8 Å². The van der Waals surface area contributed by atoms with Gasteiger partial charge in [-0.15, -0.1) is 24.8 Å². The van der Waals surface area contributed by atoms with E-state index in [0.29, 0.717) is 0 Å². The Hall–Kier alpha value is -0.280. The van der Waals surface area contributed by atoms with Crippen LogP contribution >= 0.6 is 24.8 Å². The van der Waals surface area contributed by atoms with Crippen molar-refractivity contribution in [1.29, 1.82) is 0 Å². The van der Waals surface area contributed by atoms with Crippen molar-refractivity contribution < 1.29 is 0 Å². The van der Waals surface area contributed by atoms with Crippen LogP contribution in [-0.2, 0) is 5.54 Å². The Labute approximate surface area is 97.1 Å². The van der Waals surface area contributed by atoms with Gasteiger partial charge in [0, 0.05) is 6.54 Å². The molecule has 1 saturated heterocycles. The lowest BCUT2D eigenvalue weighted by Gasteiger charge is -2.22. The van der Waals surface area contributed by atoms with Crippen LogP contribution in [0.2, 0.25) is 0 Å². The Balaban J connectivity index is 0.000000845. The van der Waals surface area contributed by atoms with Gasteiger partial charge in [-0.25, -0.2) is 0 Å². The lowest BCUT2D eigenvalue weighted by atomic mass is 9.90. The molecule has 0 aliphatic carbocycles. The van der Waals surface area contributed by atoms with Crippen molar-refractivity contribution in [2.45, 2.75) is 12.0 Å². The number of rotatable bonds is 1. The largest absolute Gasteiger partial charge is 0.320 e. The van der Waals surface area contributed by atoms with Gasteiger partial charge in [0.25, 0.3) is 0 Å². The van der Waals surface area contributed by atoms with Crippen LogP contribution in [0.3, 0.4) is 0 Å². The molecule has 0 radical (unpaired) electrons. The van der Waals surface area contributed by atoms with Crippen molar-refractivity contribution in [3.8, 4) is 0 Å². The lowest BCUT2D eigenvalue weighted by Crippen LogP contribution is -2.38. The molecule has 1 heterocycles. The zero-order valence-electron chi connectivity index (χ0n) is 7.90. The molecule has 1 atom stereocenters. The third kappa shape index (κ3) is 2.61. The van der Waals surface area contributed by atoms with Gasteiger partial charge in [-0.2, -0.15) is 0 Å². The zero-order valence-corrected chi connectivity index (χ0v) is 9.53. The van der Waals surface area contributed by atoms with Crippen molar-refractivity contribution in [1.82, 2.24) is 5.32 Å². The van der Waals surface area contributed by atoms with E-state index in [9.17, 15) is 0 Å². The number of benzene rings is 1. The average molecular weight is 235 g/mol. The molecule has 14 heavy (non-hydrogen) atoms. The summed E-state index contributed by atoms with van der Waals surface area (Å²) in [5.41, 5.74) is 7.34. The van der Waals surface area contributed by atoms with Crippen molar-refractivity contribution in [2.75, 3.05) is 13.1 Å². The Kier molecular flexibility index (Phi) is 5.45. The third-order valence-electron chi connectivity index (χ3n) is 2.54. The van der Waals surface area contributed by atoms with Crippen molar-refractivity contribution in [2.24, 2.45) is 5.73 Å². The van der Waals surface area contributed by atoms with Gasteiger partial charge in [0.15, 0.2) is 0 Å². The summed E-state index contributed by atoms with van der Waals surface area (Å²) >= 11 is 0. The minimum atomic E-state index is -0.124. The molecule has 1 fully saturated rings. The standard InChI is InChI=1S/C10H14N2.2ClH/c11-10(6-7-12-8-10)9-4-2-1-3-5-9;;/h1-5,12H,6-8,11H2;2*1H. The van der Waals surface area contributed by atoms with Crippen LogP contribution < -0.4 is 11.1 Å². The van der Waals surface area contributed by atoms with Crippen molar-refractivity contribution in [3.05, 3.63) is 35.9 Å². The fraction of sp³-hybridized carbons (Fsp3) is 0.400. The molecule has 1 aromatic rings. The first-order valence-corrected chi connectivity index (χ1v) is 4.36. The number of hydrogen-bond donors (Lipinski definition) is 2. The van der Waals surface area contributed by atoms with Gasteiger partial charge >= 0.3 is 0 Å². The van der Waals surface area contributed by atoms with Crippen LogP contribution in [0.25, 0.3) is 0 Å². The van der Waals surface area contributed by atoms with E-state index in [-0.39, 0.29) is 30.4 Å². The summed E-state index contributed by atoms with van der Waals surface area (Å²) in [5, 5.41) is 3.29. The highest BCUT2D eigenvalue weighted by molar-refractivity contribution is 5.85. The van der Waals surface area contributed by atoms with Crippen LogP contribution in [0.5, 0.6) is 0 Å². The van der Waals surface area contributed by atoms with Gasteiger partial charge in [0.05, 0.1) is 5.54 Å². The second kappa shape index (κ2) is 5.56. The smallest absolute Gasteiger partial charge is 0.0548 e. The maximum atomic E-state index is 6.22. The molecule has 3 N–H and O–H groups in total.